The summed E-state index contributed by atoms with van der Waals surface area (Å²) in [5.74, 6) is -0.659. The number of halogens is 4. The fourth-order valence-electron chi connectivity index (χ4n) is 0.763. The summed E-state index contributed by atoms with van der Waals surface area (Å²) >= 11 is 5.49. The first-order chi connectivity index (χ1) is 6.38. The first-order valence-corrected chi connectivity index (χ1v) is 3.94. The van der Waals surface area contributed by atoms with Crippen LogP contribution in [0.4, 0.5) is 13.2 Å². The number of rotatable bonds is 2. The molecular formula is C8H6ClF3O2. The quantitative estimate of drug-likeness (QED) is 0.840. The molecule has 0 saturated heterocycles. The second-order valence-electron chi connectivity index (χ2n) is 2.52. The molecule has 0 bridgehead atoms. The Kier molecular flexibility index (Phi) is 3.10. The van der Waals surface area contributed by atoms with Crippen molar-refractivity contribution in [3.8, 4) is 11.5 Å². The number of aromatic hydroxyl groups is 1. The highest BCUT2D eigenvalue weighted by Crippen LogP contribution is 2.30. The monoisotopic (exact) mass is 226 g/mol. The molecule has 2 nitrogen and oxygen atoms in total. The Morgan fingerprint density at radius 2 is 2.00 bits per heavy atom. The van der Waals surface area contributed by atoms with Crippen molar-refractivity contribution in [2.24, 2.45) is 0 Å². The maximum absolute atomic E-state index is 11.7. The molecule has 0 unspecified atom stereocenters. The van der Waals surface area contributed by atoms with E-state index in [2.05, 4.69) is 4.74 Å². The minimum absolute atomic E-state index is 0.194. The lowest BCUT2D eigenvalue weighted by atomic mass is 10.3. The molecule has 0 spiro atoms. The molecule has 0 saturated carbocycles. The molecule has 78 valence electrons. The molecule has 0 aliphatic rings. The van der Waals surface area contributed by atoms with Crippen LogP contribution in [-0.4, -0.2) is 17.9 Å². The van der Waals surface area contributed by atoms with Crippen LogP contribution in [0.1, 0.15) is 0 Å². The number of hydrogen-bond acceptors (Lipinski definition) is 2. The third kappa shape index (κ3) is 3.33. The summed E-state index contributed by atoms with van der Waals surface area (Å²) in [5, 5.41) is 9.28. The Bertz CT molecular complexity index is 325. The van der Waals surface area contributed by atoms with Crippen molar-refractivity contribution < 1.29 is 23.0 Å². The first kappa shape index (κ1) is 11.0. The van der Waals surface area contributed by atoms with Gasteiger partial charge in [-0.15, -0.1) is 0 Å². The number of alkyl halides is 3. The fourth-order valence-corrected chi connectivity index (χ4v) is 0.925. The summed E-state index contributed by atoms with van der Waals surface area (Å²) in [7, 11) is 0. The van der Waals surface area contributed by atoms with Gasteiger partial charge in [0.15, 0.2) is 18.1 Å². The van der Waals surface area contributed by atoms with Gasteiger partial charge < -0.3 is 9.84 Å². The number of phenolic OH excluding ortho intramolecular Hbond substituents is 1. The van der Waals surface area contributed by atoms with Crippen molar-refractivity contribution in [2.45, 2.75) is 6.18 Å². The standard InChI is InChI=1S/C8H6ClF3O2/c9-5-1-2-6(13)7(3-5)14-4-8(10,11)12/h1-3,13H,4H2. The SMILES string of the molecule is Oc1ccc(Cl)cc1OCC(F)(F)F. The summed E-state index contributed by atoms with van der Waals surface area (Å²) in [6, 6.07) is 3.62. The van der Waals surface area contributed by atoms with Crippen LogP contribution in [0.2, 0.25) is 5.02 Å². The van der Waals surface area contributed by atoms with Gasteiger partial charge in [0, 0.05) is 11.1 Å². The lowest BCUT2D eigenvalue weighted by Gasteiger charge is -2.10. The Hall–Kier alpha value is -1.10. The summed E-state index contributed by atoms with van der Waals surface area (Å²) in [4.78, 5) is 0. The molecule has 14 heavy (non-hydrogen) atoms. The predicted molar refractivity (Wildman–Crippen MR) is 44.7 cm³/mol. The van der Waals surface area contributed by atoms with Crippen LogP contribution in [0.5, 0.6) is 11.5 Å². The minimum Gasteiger partial charge on any atom is -0.504 e. The second-order valence-corrected chi connectivity index (χ2v) is 2.95. The van der Waals surface area contributed by atoms with E-state index < -0.39 is 12.8 Å². The van der Waals surface area contributed by atoms with Crippen molar-refractivity contribution in [1.82, 2.24) is 0 Å². The second kappa shape index (κ2) is 3.96. The van der Waals surface area contributed by atoms with Gasteiger partial charge in [-0.05, 0) is 12.1 Å². The number of phenols is 1. The lowest BCUT2D eigenvalue weighted by Crippen LogP contribution is -2.19. The molecule has 0 atom stereocenters. The zero-order valence-electron chi connectivity index (χ0n) is 6.81. The van der Waals surface area contributed by atoms with E-state index in [9.17, 15) is 13.2 Å². The van der Waals surface area contributed by atoms with Gasteiger partial charge in [0.25, 0.3) is 0 Å². The van der Waals surface area contributed by atoms with Gasteiger partial charge in [0.2, 0.25) is 0 Å². The van der Waals surface area contributed by atoms with E-state index >= 15 is 0 Å². The van der Waals surface area contributed by atoms with Gasteiger partial charge in [-0.3, -0.25) is 0 Å². The molecule has 1 N–H and O–H groups in total. The van der Waals surface area contributed by atoms with Gasteiger partial charge in [0.05, 0.1) is 0 Å². The molecule has 1 aromatic rings. The van der Waals surface area contributed by atoms with Gasteiger partial charge >= 0.3 is 6.18 Å². The summed E-state index contributed by atoms with van der Waals surface area (Å²) in [5.41, 5.74) is 0. The van der Waals surface area contributed by atoms with Crippen LogP contribution >= 0.6 is 11.6 Å². The normalized spacial score (nSPS) is 11.4. The van der Waals surface area contributed by atoms with E-state index in [4.69, 9.17) is 16.7 Å². The van der Waals surface area contributed by atoms with E-state index in [1.165, 1.54) is 6.07 Å². The third-order valence-corrected chi connectivity index (χ3v) is 1.55. The largest absolute Gasteiger partial charge is 0.504 e. The van der Waals surface area contributed by atoms with Gasteiger partial charge in [-0.1, -0.05) is 11.6 Å². The van der Waals surface area contributed by atoms with Crippen LogP contribution in [0.25, 0.3) is 0 Å². The molecule has 0 radical (unpaired) electrons. The molecule has 1 rings (SSSR count). The van der Waals surface area contributed by atoms with Crippen molar-refractivity contribution in [2.75, 3.05) is 6.61 Å². The summed E-state index contributed by atoms with van der Waals surface area (Å²) in [6.07, 6.45) is -4.44. The number of benzene rings is 1. The van der Waals surface area contributed by atoms with Gasteiger partial charge in [0.1, 0.15) is 0 Å². The van der Waals surface area contributed by atoms with Crippen molar-refractivity contribution in [3.05, 3.63) is 23.2 Å². The molecule has 1 aromatic carbocycles. The van der Waals surface area contributed by atoms with Crippen LogP contribution in [-0.2, 0) is 0 Å². The average molecular weight is 227 g/mol. The first-order valence-electron chi connectivity index (χ1n) is 3.56. The Morgan fingerprint density at radius 3 is 2.57 bits per heavy atom. The van der Waals surface area contributed by atoms with E-state index in [0.29, 0.717) is 0 Å². The average Bonchev–Trinajstić information content (AvgIpc) is 2.05. The van der Waals surface area contributed by atoms with Crippen molar-refractivity contribution in [3.63, 3.8) is 0 Å². The predicted octanol–water partition coefficient (Wildman–Crippen LogP) is 2.99. The smallest absolute Gasteiger partial charge is 0.422 e. The van der Waals surface area contributed by atoms with Gasteiger partial charge in [-0.2, -0.15) is 13.2 Å². The third-order valence-electron chi connectivity index (χ3n) is 1.31. The topological polar surface area (TPSA) is 29.5 Å². The molecule has 0 heterocycles. The zero-order valence-corrected chi connectivity index (χ0v) is 7.56. The number of hydrogen-bond donors (Lipinski definition) is 1. The van der Waals surface area contributed by atoms with E-state index in [1.807, 2.05) is 0 Å². The number of ether oxygens (including phenoxy) is 1. The highest BCUT2D eigenvalue weighted by atomic mass is 35.5. The molecule has 0 aromatic heterocycles. The maximum atomic E-state index is 11.7. The molecular weight excluding hydrogens is 221 g/mol. The van der Waals surface area contributed by atoms with Crippen LogP contribution in [0.3, 0.4) is 0 Å². The Labute approximate surface area is 82.9 Å². The molecule has 0 fully saturated rings. The molecule has 6 heteroatoms. The molecule has 0 aliphatic carbocycles. The highest BCUT2D eigenvalue weighted by molar-refractivity contribution is 6.30. The minimum atomic E-state index is -4.44. The van der Waals surface area contributed by atoms with Crippen LogP contribution in [0.15, 0.2) is 18.2 Å². The van der Waals surface area contributed by atoms with E-state index in [0.717, 1.165) is 12.1 Å². The van der Waals surface area contributed by atoms with E-state index in [-0.39, 0.29) is 16.5 Å². The summed E-state index contributed by atoms with van der Waals surface area (Å²) < 4.78 is 39.5. The Balaban J connectivity index is 2.72. The lowest BCUT2D eigenvalue weighted by molar-refractivity contribution is -0.153. The molecule has 0 amide bonds. The van der Waals surface area contributed by atoms with Crippen molar-refractivity contribution >= 4 is 11.6 Å². The maximum Gasteiger partial charge on any atom is 0.422 e. The summed E-state index contributed by atoms with van der Waals surface area (Å²) in [6.45, 7) is -1.46. The highest BCUT2D eigenvalue weighted by Gasteiger charge is 2.28. The van der Waals surface area contributed by atoms with Crippen LogP contribution in [0, 0.1) is 0 Å². The van der Waals surface area contributed by atoms with Crippen LogP contribution < -0.4 is 4.74 Å². The Morgan fingerprint density at radius 1 is 1.36 bits per heavy atom. The fraction of sp³-hybridized carbons (Fsp3) is 0.250. The zero-order chi connectivity index (χ0) is 10.8. The van der Waals surface area contributed by atoms with Crippen molar-refractivity contribution in [1.29, 1.82) is 0 Å². The van der Waals surface area contributed by atoms with Gasteiger partial charge in [-0.25, -0.2) is 0 Å². The van der Waals surface area contributed by atoms with E-state index in [1.54, 1.807) is 0 Å². The molecule has 0 aliphatic heterocycles.